The number of fused-ring (bicyclic) bond motifs is 1. The first kappa shape index (κ1) is 10.5. The number of alkyl halides is 4. The van der Waals surface area contributed by atoms with E-state index in [0.29, 0.717) is 11.1 Å². The van der Waals surface area contributed by atoms with E-state index in [2.05, 4.69) is 0 Å². The summed E-state index contributed by atoms with van der Waals surface area (Å²) in [5.41, 5.74) is -2.45. The number of aryl methyl sites for hydroxylation is 2. The molecule has 1 unspecified atom stereocenters. The molecular formula is C11H10F4. The highest BCUT2D eigenvalue weighted by molar-refractivity contribution is 5.44. The maximum atomic E-state index is 13.9. The lowest BCUT2D eigenvalue weighted by atomic mass is 9.93. The molecule has 0 N–H and O–H groups in total. The van der Waals surface area contributed by atoms with Gasteiger partial charge in [-0.15, -0.1) is 0 Å². The van der Waals surface area contributed by atoms with Crippen LogP contribution in [0.4, 0.5) is 17.6 Å². The van der Waals surface area contributed by atoms with E-state index in [9.17, 15) is 17.6 Å². The second-order valence-electron chi connectivity index (χ2n) is 3.91. The Bertz CT molecular complexity index is 394. The lowest BCUT2D eigenvalue weighted by Crippen LogP contribution is -2.36. The van der Waals surface area contributed by atoms with Crippen LogP contribution < -0.4 is 0 Å². The smallest absolute Gasteiger partial charge is 0.229 e. The predicted octanol–water partition coefficient (Wildman–Crippen LogP) is 3.67. The van der Waals surface area contributed by atoms with Gasteiger partial charge in [-0.25, -0.2) is 4.39 Å². The van der Waals surface area contributed by atoms with Crippen molar-refractivity contribution in [2.24, 2.45) is 0 Å². The largest absolute Gasteiger partial charge is 0.426 e. The number of benzene rings is 1. The van der Waals surface area contributed by atoms with Crippen molar-refractivity contribution in [3.8, 4) is 0 Å². The molecule has 0 heterocycles. The summed E-state index contributed by atoms with van der Waals surface area (Å²) >= 11 is 0. The van der Waals surface area contributed by atoms with E-state index in [4.69, 9.17) is 0 Å². The Hall–Kier alpha value is -1.06. The van der Waals surface area contributed by atoms with Crippen LogP contribution in [-0.2, 0) is 12.1 Å². The SMILES string of the molecule is Cc1cccc2c1C(F)(C(F)(F)F)CC2. The lowest BCUT2D eigenvalue weighted by Gasteiger charge is -2.25. The van der Waals surface area contributed by atoms with Crippen molar-refractivity contribution in [2.45, 2.75) is 31.6 Å². The average molecular weight is 218 g/mol. The maximum absolute atomic E-state index is 13.9. The predicted molar refractivity (Wildman–Crippen MR) is 48.3 cm³/mol. The molecule has 0 bridgehead atoms. The summed E-state index contributed by atoms with van der Waals surface area (Å²) in [4.78, 5) is 0. The van der Waals surface area contributed by atoms with Gasteiger partial charge in [0.15, 0.2) is 0 Å². The molecule has 2 rings (SSSR count). The van der Waals surface area contributed by atoms with Crippen LogP contribution in [0.1, 0.15) is 23.1 Å². The molecule has 1 aliphatic carbocycles. The fraction of sp³-hybridized carbons (Fsp3) is 0.455. The van der Waals surface area contributed by atoms with Crippen molar-refractivity contribution in [2.75, 3.05) is 0 Å². The molecule has 1 atom stereocenters. The molecule has 0 nitrogen and oxygen atoms in total. The van der Waals surface area contributed by atoms with Crippen LogP contribution in [0.2, 0.25) is 0 Å². The van der Waals surface area contributed by atoms with Crippen LogP contribution in [0.5, 0.6) is 0 Å². The van der Waals surface area contributed by atoms with Gasteiger partial charge in [-0.3, -0.25) is 0 Å². The molecule has 82 valence electrons. The zero-order chi connectivity index (χ0) is 11.3. The van der Waals surface area contributed by atoms with E-state index in [0.717, 1.165) is 0 Å². The van der Waals surface area contributed by atoms with E-state index in [1.54, 1.807) is 12.1 Å². The van der Waals surface area contributed by atoms with Gasteiger partial charge in [0.2, 0.25) is 5.67 Å². The first-order valence-electron chi connectivity index (χ1n) is 4.71. The molecule has 0 radical (unpaired) electrons. The number of hydrogen-bond acceptors (Lipinski definition) is 0. The summed E-state index contributed by atoms with van der Waals surface area (Å²) in [5.74, 6) is 0. The van der Waals surface area contributed by atoms with Crippen LogP contribution in [0.3, 0.4) is 0 Å². The fourth-order valence-corrected chi connectivity index (χ4v) is 2.22. The number of hydrogen-bond donors (Lipinski definition) is 0. The van der Waals surface area contributed by atoms with Gasteiger partial charge in [-0.05, 0) is 30.9 Å². The molecule has 0 fully saturated rings. The summed E-state index contributed by atoms with van der Waals surface area (Å²) in [5, 5.41) is 0. The van der Waals surface area contributed by atoms with Crippen LogP contribution in [0.25, 0.3) is 0 Å². The van der Waals surface area contributed by atoms with E-state index >= 15 is 0 Å². The molecule has 0 amide bonds. The third-order valence-corrected chi connectivity index (χ3v) is 2.94. The third kappa shape index (κ3) is 1.34. The van der Waals surface area contributed by atoms with Gasteiger partial charge < -0.3 is 0 Å². The standard InChI is InChI=1S/C11H10F4/c1-7-3-2-4-8-5-6-10(12,9(7)8)11(13,14)15/h2-4H,5-6H2,1H3. The molecule has 1 aromatic carbocycles. The first-order valence-corrected chi connectivity index (χ1v) is 4.71. The van der Waals surface area contributed by atoms with Gasteiger partial charge in [-0.1, -0.05) is 18.2 Å². The summed E-state index contributed by atoms with van der Waals surface area (Å²) in [6.45, 7) is 1.52. The number of rotatable bonds is 0. The normalized spacial score (nSPS) is 25.4. The van der Waals surface area contributed by atoms with Gasteiger partial charge >= 0.3 is 6.18 Å². The van der Waals surface area contributed by atoms with Gasteiger partial charge in [0.25, 0.3) is 0 Å². The van der Waals surface area contributed by atoms with Crippen molar-refractivity contribution in [3.05, 3.63) is 34.9 Å². The van der Waals surface area contributed by atoms with Gasteiger partial charge in [-0.2, -0.15) is 13.2 Å². The molecule has 0 aromatic heterocycles. The monoisotopic (exact) mass is 218 g/mol. The molecule has 0 saturated heterocycles. The van der Waals surface area contributed by atoms with Crippen molar-refractivity contribution in [1.29, 1.82) is 0 Å². The zero-order valence-corrected chi connectivity index (χ0v) is 8.16. The van der Waals surface area contributed by atoms with E-state index in [-0.39, 0.29) is 12.0 Å². The van der Waals surface area contributed by atoms with E-state index < -0.39 is 18.3 Å². The highest BCUT2D eigenvalue weighted by Gasteiger charge is 2.60. The average Bonchev–Trinajstić information content (AvgIpc) is 2.45. The minimum atomic E-state index is -4.82. The Kier molecular flexibility index (Phi) is 2.07. The van der Waals surface area contributed by atoms with Gasteiger partial charge in [0.1, 0.15) is 0 Å². The molecule has 0 saturated carbocycles. The molecule has 4 heteroatoms. The minimum absolute atomic E-state index is 0.160. The van der Waals surface area contributed by atoms with Gasteiger partial charge in [0.05, 0.1) is 0 Å². The van der Waals surface area contributed by atoms with Crippen LogP contribution in [-0.4, -0.2) is 6.18 Å². The summed E-state index contributed by atoms with van der Waals surface area (Å²) in [6, 6.07) is 4.75. The van der Waals surface area contributed by atoms with Gasteiger partial charge in [0, 0.05) is 5.56 Å². The Morgan fingerprint density at radius 2 is 1.93 bits per heavy atom. The van der Waals surface area contributed by atoms with Crippen molar-refractivity contribution in [1.82, 2.24) is 0 Å². The van der Waals surface area contributed by atoms with Crippen LogP contribution >= 0.6 is 0 Å². The molecular weight excluding hydrogens is 208 g/mol. The van der Waals surface area contributed by atoms with Crippen LogP contribution in [0.15, 0.2) is 18.2 Å². The number of halogens is 4. The topological polar surface area (TPSA) is 0 Å². The molecule has 15 heavy (non-hydrogen) atoms. The summed E-state index contributed by atoms with van der Waals surface area (Å²) < 4.78 is 51.8. The first-order chi connectivity index (χ1) is 6.86. The quantitative estimate of drug-likeness (QED) is 0.583. The molecule has 0 aliphatic heterocycles. The van der Waals surface area contributed by atoms with Crippen LogP contribution in [0, 0.1) is 6.92 Å². The fourth-order valence-electron chi connectivity index (χ4n) is 2.22. The summed E-state index contributed by atoms with van der Waals surface area (Å²) in [7, 11) is 0. The second-order valence-corrected chi connectivity index (χ2v) is 3.91. The highest BCUT2D eigenvalue weighted by Crippen LogP contribution is 2.52. The minimum Gasteiger partial charge on any atom is -0.229 e. The Morgan fingerprint density at radius 3 is 2.53 bits per heavy atom. The Labute approximate surface area is 84.9 Å². The van der Waals surface area contributed by atoms with E-state index in [1.165, 1.54) is 13.0 Å². The maximum Gasteiger partial charge on any atom is 0.426 e. The van der Waals surface area contributed by atoms with Crippen molar-refractivity contribution in [3.63, 3.8) is 0 Å². The van der Waals surface area contributed by atoms with E-state index in [1.807, 2.05) is 0 Å². The lowest BCUT2D eigenvalue weighted by molar-refractivity contribution is -0.235. The molecule has 0 spiro atoms. The zero-order valence-electron chi connectivity index (χ0n) is 8.16. The van der Waals surface area contributed by atoms with Crippen molar-refractivity contribution >= 4 is 0 Å². The van der Waals surface area contributed by atoms with Crippen molar-refractivity contribution < 1.29 is 17.6 Å². The second kappa shape index (κ2) is 2.97. The Morgan fingerprint density at radius 1 is 1.27 bits per heavy atom. The highest BCUT2D eigenvalue weighted by atomic mass is 19.4. The Balaban J connectivity index is 2.62. The summed E-state index contributed by atoms with van der Waals surface area (Å²) in [6.07, 6.45) is -5.14. The molecule has 1 aliphatic rings. The molecule has 1 aromatic rings. The third-order valence-electron chi connectivity index (χ3n) is 2.94.